The predicted octanol–water partition coefficient (Wildman–Crippen LogP) is -2.07. The van der Waals surface area contributed by atoms with Gasteiger partial charge in [-0.05, 0) is 0 Å². The van der Waals surface area contributed by atoms with Crippen LogP contribution in [0.1, 0.15) is 0 Å². The first-order valence-corrected chi connectivity index (χ1v) is 5.52. The first-order valence-electron chi connectivity index (χ1n) is 5.52. The third-order valence-electron chi connectivity index (χ3n) is 2.17. The quantitative estimate of drug-likeness (QED) is 0.237. The van der Waals surface area contributed by atoms with Crippen molar-refractivity contribution in [2.24, 2.45) is 0 Å². The van der Waals surface area contributed by atoms with Gasteiger partial charge in [0.05, 0.1) is 26.2 Å². The van der Waals surface area contributed by atoms with Crippen molar-refractivity contribution in [1.82, 2.24) is 9.80 Å². The van der Waals surface area contributed by atoms with Gasteiger partial charge in [-0.2, -0.15) is 0 Å². The minimum absolute atomic E-state index is 0. The van der Waals surface area contributed by atoms with Crippen molar-refractivity contribution in [3.8, 4) is 0 Å². The van der Waals surface area contributed by atoms with Crippen molar-refractivity contribution in [2.75, 3.05) is 39.3 Å². The van der Waals surface area contributed by atoms with E-state index in [1.54, 1.807) is 0 Å². The Balaban J connectivity index is 0. The number of carbonyl (C=O) groups is 4. The molecule has 0 aliphatic heterocycles. The molecule has 21 heavy (non-hydrogen) atoms. The Morgan fingerprint density at radius 3 is 0.905 bits per heavy atom. The standard InChI is InChI=1S/C10H16N2O8.Th/c13-7(14)3-11(4-8(15)16)1-2-12(5-9(17)18)6-10(19)20;/h1-6H2,(H,13,14)(H,15,16)(H,17,18)(H,19,20);. The molecule has 10 nitrogen and oxygen atoms in total. The summed E-state index contributed by atoms with van der Waals surface area (Å²) in [6.45, 7) is -2.25. The van der Waals surface area contributed by atoms with E-state index < -0.39 is 50.1 Å². The number of hydrogen-bond acceptors (Lipinski definition) is 6. The SMILES string of the molecule is O=C(O)CN(CCN(CC(=O)O)CC(=O)O)CC(=O)O.[Th]. The number of carboxylic acid groups (broad SMARTS) is 4. The maximum absolute atomic E-state index is 10.6. The molecule has 0 bridgehead atoms. The molecule has 0 fully saturated rings. The second kappa shape index (κ2) is 11.7. The molecule has 0 aromatic rings. The number of aliphatic carboxylic acids is 4. The Kier molecular flexibility index (Phi) is 12.5. The van der Waals surface area contributed by atoms with Crippen molar-refractivity contribution in [3.05, 3.63) is 0 Å². The van der Waals surface area contributed by atoms with Crippen molar-refractivity contribution < 1.29 is 79.5 Å². The second-order valence-corrected chi connectivity index (χ2v) is 4.00. The van der Waals surface area contributed by atoms with Crippen molar-refractivity contribution in [1.29, 1.82) is 0 Å². The molecular formula is C10H16N2O8Th. The molecule has 0 unspecified atom stereocenters. The molecule has 0 aliphatic rings. The average molecular weight is 524 g/mol. The second-order valence-electron chi connectivity index (χ2n) is 4.00. The van der Waals surface area contributed by atoms with Crippen LogP contribution in [-0.4, -0.2) is 93.4 Å². The van der Waals surface area contributed by atoms with Gasteiger partial charge >= 0.3 is 23.9 Å². The zero-order valence-corrected chi connectivity index (χ0v) is 15.2. The van der Waals surface area contributed by atoms with E-state index in [2.05, 4.69) is 0 Å². The summed E-state index contributed by atoms with van der Waals surface area (Å²) in [5.41, 5.74) is 0. The molecule has 11 heteroatoms. The molecule has 0 aromatic heterocycles. The van der Waals surface area contributed by atoms with Gasteiger partial charge in [0.2, 0.25) is 0 Å². The summed E-state index contributed by atoms with van der Waals surface area (Å²) in [6, 6.07) is 0. The predicted molar refractivity (Wildman–Crippen MR) is 63.4 cm³/mol. The summed E-state index contributed by atoms with van der Waals surface area (Å²) in [4.78, 5) is 44.4. The van der Waals surface area contributed by atoms with E-state index in [1.807, 2.05) is 0 Å². The van der Waals surface area contributed by atoms with E-state index in [0.29, 0.717) is 0 Å². The van der Waals surface area contributed by atoms with Gasteiger partial charge in [-0.15, -0.1) is 0 Å². The first kappa shape index (κ1) is 22.4. The van der Waals surface area contributed by atoms with Crippen LogP contribution in [0, 0.1) is 39.9 Å². The van der Waals surface area contributed by atoms with Crippen LogP contribution in [0.5, 0.6) is 0 Å². The van der Waals surface area contributed by atoms with E-state index in [4.69, 9.17) is 20.4 Å². The van der Waals surface area contributed by atoms with Gasteiger partial charge in [0.15, 0.2) is 0 Å². The third kappa shape index (κ3) is 13.8. The third-order valence-corrected chi connectivity index (χ3v) is 2.17. The monoisotopic (exact) mass is 524 g/mol. The Bertz CT molecular complexity index is 321. The summed E-state index contributed by atoms with van der Waals surface area (Å²) in [5, 5.41) is 34.5. The van der Waals surface area contributed by atoms with Crippen LogP contribution in [-0.2, 0) is 19.2 Å². The molecule has 0 spiro atoms. The van der Waals surface area contributed by atoms with Crippen LogP contribution in [0.25, 0.3) is 0 Å². The van der Waals surface area contributed by atoms with E-state index in [-0.39, 0.29) is 53.0 Å². The molecule has 0 aromatic carbocycles. The summed E-state index contributed by atoms with van der Waals surface area (Å²) >= 11 is 0. The molecule has 0 saturated heterocycles. The van der Waals surface area contributed by atoms with E-state index >= 15 is 0 Å². The van der Waals surface area contributed by atoms with Crippen LogP contribution in [0.15, 0.2) is 0 Å². The summed E-state index contributed by atoms with van der Waals surface area (Å²) in [5.74, 6) is -4.91. The van der Waals surface area contributed by atoms with Crippen molar-refractivity contribution >= 4 is 23.9 Å². The Labute approximate surface area is 152 Å². The van der Waals surface area contributed by atoms with Gasteiger partial charge in [0, 0.05) is 53.0 Å². The molecule has 0 aliphatic carbocycles. The van der Waals surface area contributed by atoms with Crippen LogP contribution in [0.4, 0.5) is 0 Å². The molecule has 0 amide bonds. The Morgan fingerprint density at radius 1 is 0.571 bits per heavy atom. The zero-order valence-electron chi connectivity index (χ0n) is 11.1. The summed E-state index contributed by atoms with van der Waals surface area (Å²) in [6.07, 6.45) is 0. The Morgan fingerprint density at radius 2 is 0.762 bits per heavy atom. The molecule has 0 atom stereocenters. The minimum Gasteiger partial charge on any atom is -0.480 e. The molecule has 0 heterocycles. The summed E-state index contributed by atoms with van der Waals surface area (Å²) < 4.78 is 0. The molecule has 0 rings (SSSR count). The van der Waals surface area contributed by atoms with Crippen LogP contribution in [0.3, 0.4) is 0 Å². The number of rotatable bonds is 11. The van der Waals surface area contributed by atoms with Crippen molar-refractivity contribution in [3.63, 3.8) is 0 Å². The van der Waals surface area contributed by atoms with E-state index in [0.717, 1.165) is 9.80 Å². The van der Waals surface area contributed by atoms with E-state index in [1.165, 1.54) is 0 Å². The van der Waals surface area contributed by atoms with Crippen LogP contribution < -0.4 is 0 Å². The molecular weight excluding hydrogens is 508 g/mol. The summed E-state index contributed by atoms with van der Waals surface area (Å²) in [7, 11) is 0. The number of carboxylic acids is 4. The maximum atomic E-state index is 10.6. The fourth-order valence-electron chi connectivity index (χ4n) is 1.48. The van der Waals surface area contributed by atoms with Gasteiger partial charge in [-0.1, -0.05) is 0 Å². The topological polar surface area (TPSA) is 156 Å². The van der Waals surface area contributed by atoms with Gasteiger partial charge in [0.25, 0.3) is 0 Å². The number of nitrogens with zero attached hydrogens (tertiary/aromatic N) is 2. The van der Waals surface area contributed by atoms with Crippen LogP contribution >= 0.6 is 0 Å². The maximum Gasteiger partial charge on any atom is 0.317 e. The fraction of sp³-hybridized carbons (Fsp3) is 0.600. The van der Waals surface area contributed by atoms with Crippen molar-refractivity contribution in [2.45, 2.75) is 0 Å². The first-order chi connectivity index (χ1) is 9.20. The fourth-order valence-corrected chi connectivity index (χ4v) is 1.48. The molecule has 0 radical (unpaired) electrons. The van der Waals surface area contributed by atoms with Gasteiger partial charge in [0.1, 0.15) is 0 Å². The molecule has 118 valence electrons. The largest absolute Gasteiger partial charge is 0.480 e. The van der Waals surface area contributed by atoms with Gasteiger partial charge in [-0.3, -0.25) is 29.0 Å². The van der Waals surface area contributed by atoms with Gasteiger partial charge < -0.3 is 20.4 Å². The van der Waals surface area contributed by atoms with Gasteiger partial charge in [-0.25, -0.2) is 0 Å². The normalized spacial score (nSPS) is 10.2. The van der Waals surface area contributed by atoms with Crippen LogP contribution in [0.2, 0.25) is 0 Å². The number of hydrogen-bond donors (Lipinski definition) is 4. The van der Waals surface area contributed by atoms with E-state index in [9.17, 15) is 19.2 Å². The Hall–Kier alpha value is -0.875. The average Bonchev–Trinajstić information content (AvgIpc) is 2.22. The minimum atomic E-state index is -1.23. The molecule has 4 N–H and O–H groups in total. The molecule has 0 saturated carbocycles. The smallest absolute Gasteiger partial charge is 0.317 e. The zero-order chi connectivity index (χ0) is 15.7.